The quantitative estimate of drug-likeness (QED) is 0.854. The number of carbonyl (C=O) groups is 2. The van der Waals surface area contributed by atoms with Crippen molar-refractivity contribution >= 4 is 11.8 Å². The average molecular weight is 334 g/mol. The maximum absolute atomic E-state index is 12.2. The van der Waals surface area contributed by atoms with Crippen LogP contribution in [0, 0.1) is 5.92 Å². The maximum Gasteiger partial charge on any atom is 0.229 e. The number of hydrogen-bond donors (Lipinski definition) is 1. The summed E-state index contributed by atoms with van der Waals surface area (Å²) in [7, 11) is 0. The zero-order valence-electron chi connectivity index (χ0n) is 14.5. The van der Waals surface area contributed by atoms with Crippen molar-refractivity contribution in [3.8, 4) is 0 Å². The smallest absolute Gasteiger partial charge is 0.229 e. The average Bonchev–Trinajstić information content (AvgIpc) is 3.26. The Morgan fingerprint density at radius 3 is 2.79 bits per heavy atom. The van der Waals surface area contributed by atoms with Crippen LogP contribution in [0.3, 0.4) is 0 Å². The first-order valence-electron chi connectivity index (χ1n) is 8.94. The molecule has 24 heavy (non-hydrogen) atoms. The minimum absolute atomic E-state index is 0.0597. The van der Waals surface area contributed by atoms with E-state index in [9.17, 15) is 9.59 Å². The molecule has 3 rings (SSSR count). The lowest BCUT2D eigenvalue weighted by Crippen LogP contribution is -2.36. The molecule has 7 nitrogen and oxygen atoms in total. The minimum Gasteiger partial charge on any atom is -0.355 e. The third-order valence-electron chi connectivity index (χ3n) is 4.99. The largest absolute Gasteiger partial charge is 0.355 e. The molecule has 1 atom stereocenters. The van der Waals surface area contributed by atoms with E-state index in [2.05, 4.69) is 15.5 Å². The molecule has 1 saturated heterocycles. The van der Waals surface area contributed by atoms with Gasteiger partial charge in [0.15, 0.2) is 5.82 Å². The van der Waals surface area contributed by atoms with E-state index in [1.165, 1.54) is 12.8 Å². The van der Waals surface area contributed by atoms with Gasteiger partial charge in [0.1, 0.15) is 0 Å². The predicted octanol–water partition coefficient (Wildman–Crippen LogP) is 1.64. The van der Waals surface area contributed by atoms with Crippen LogP contribution in [0.4, 0.5) is 0 Å². The van der Waals surface area contributed by atoms with Gasteiger partial charge in [0.2, 0.25) is 17.7 Å². The van der Waals surface area contributed by atoms with Crippen LogP contribution < -0.4 is 5.32 Å². The van der Waals surface area contributed by atoms with E-state index >= 15 is 0 Å². The highest BCUT2D eigenvalue weighted by molar-refractivity contribution is 5.89. The fraction of sp³-hybridized carbons (Fsp3) is 0.765. The fourth-order valence-corrected chi connectivity index (χ4v) is 3.56. The van der Waals surface area contributed by atoms with Gasteiger partial charge in [-0.2, -0.15) is 4.98 Å². The molecule has 7 heteroatoms. The second-order valence-corrected chi connectivity index (χ2v) is 7.11. The molecule has 2 fully saturated rings. The Labute approximate surface area is 142 Å². The van der Waals surface area contributed by atoms with Crippen LogP contribution in [0.1, 0.15) is 63.6 Å². The number of amides is 2. The molecule has 2 heterocycles. The summed E-state index contributed by atoms with van der Waals surface area (Å²) in [6.45, 7) is 4.91. The highest BCUT2D eigenvalue weighted by Crippen LogP contribution is 2.32. The van der Waals surface area contributed by atoms with Gasteiger partial charge >= 0.3 is 0 Å². The normalized spacial score (nSPS) is 21.9. The van der Waals surface area contributed by atoms with E-state index in [1.807, 2.05) is 13.8 Å². The molecule has 1 N–H and O–H groups in total. The molecule has 0 unspecified atom stereocenters. The number of likely N-dealkylation sites (tertiary alicyclic amines) is 1. The summed E-state index contributed by atoms with van der Waals surface area (Å²) in [5.41, 5.74) is 0. The van der Waals surface area contributed by atoms with Crippen molar-refractivity contribution in [3.05, 3.63) is 11.7 Å². The Hall–Kier alpha value is -1.92. The molecule has 1 aromatic rings. The molecule has 132 valence electrons. The number of rotatable bonds is 6. The van der Waals surface area contributed by atoms with Gasteiger partial charge in [-0.25, -0.2) is 0 Å². The maximum atomic E-state index is 12.2. The van der Waals surface area contributed by atoms with E-state index in [-0.39, 0.29) is 23.8 Å². The first kappa shape index (κ1) is 16.9. The Kier molecular flexibility index (Phi) is 5.16. The third-order valence-corrected chi connectivity index (χ3v) is 4.99. The van der Waals surface area contributed by atoms with Gasteiger partial charge in [0.25, 0.3) is 0 Å². The Balaban J connectivity index is 1.43. The van der Waals surface area contributed by atoms with Crippen molar-refractivity contribution < 1.29 is 14.1 Å². The van der Waals surface area contributed by atoms with Gasteiger partial charge < -0.3 is 14.7 Å². The second kappa shape index (κ2) is 7.32. The Morgan fingerprint density at radius 2 is 2.12 bits per heavy atom. The summed E-state index contributed by atoms with van der Waals surface area (Å²) in [4.78, 5) is 30.3. The SMILES string of the molecule is CC(C)N1C[C@@H](C(=O)NCCc2noc(C3CCCC3)n2)CC1=O. The summed E-state index contributed by atoms with van der Waals surface area (Å²) in [6, 6.07) is 0.142. The topological polar surface area (TPSA) is 88.3 Å². The van der Waals surface area contributed by atoms with E-state index < -0.39 is 0 Å². The Bertz CT molecular complexity index is 592. The van der Waals surface area contributed by atoms with Crippen LogP contribution in [-0.4, -0.2) is 46.0 Å². The molecular weight excluding hydrogens is 308 g/mol. The molecule has 0 radical (unpaired) electrons. The van der Waals surface area contributed by atoms with Crippen LogP contribution in [0.25, 0.3) is 0 Å². The van der Waals surface area contributed by atoms with Crippen LogP contribution in [0.2, 0.25) is 0 Å². The lowest BCUT2D eigenvalue weighted by atomic mass is 10.1. The van der Waals surface area contributed by atoms with E-state index in [4.69, 9.17) is 4.52 Å². The molecule has 2 aliphatic rings. The Morgan fingerprint density at radius 1 is 1.38 bits per heavy atom. The summed E-state index contributed by atoms with van der Waals surface area (Å²) in [5, 5.41) is 6.90. The third kappa shape index (κ3) is 3.76. The van der Waals surface area contributed by atoms with E-state index in [0.29, 0.717) is 37.7 Å². The molecule has 2 amide bonds. The standard InChI is InChI=1S/C17H26N4O3/c1-11(2)21-10-13(9-15(21)22)16(23)18-8-7-14-19-17(24-20-14)12-5-3-4-6-12/h11-13H,3-10H2,1-2H3,(H,18,23)/t13-/m0/s1. The van der Waals surface area contributed by atoms with Crippen molar-refractivity contribution in [1.29, 1.82) is 0 Å². The summed E-state index contributed by atoms with van der Waals surface area (Å²) in [5.74, 6) is 1.54. The highest BCUT2D eigenvalue weighted by atomic mass is 16.5. The molecule has 1 saturated carbocycles. The molecular formula is C17H26N4O3. The molecule has 1 aromatic heterocycles. The fourth-order valence-electron chi connectivity index (χ4n) is 3.56. The van der Waals surface area contributed by atoms with Crippen LogP contribution in [0.5, 0.6) is 0 Å². The van der Waals surface area contributed by atoms with Crippen LogP contribution in [0.15, 0.2) is 4.52 Å². The highest BCUT2D eigenvalue weighted by Gasteiger charge is 2.35. The summed E-state index contributed by atoms with van der Waals surface area (Å²) < 4.78 is 5.34. The number of nitrogens with zero attached hydrogens (tertiary/aromatic N) is 3. The number of nitrogens with one attached hydrogen (secondary N) is 1. The predicted molar refractivity (Wildman–Crippen MR) is 87.2 cm³/mol. The summed E-state index contributed by atoms with van der Waals surface area (Å²) in [6.07, 6.45) is 5.56. The van der Waals surface area contributed by atoms with Crippen LogP contribution >= 0.6 is 0 Å². The van der Waals surface area contributed by atoms with E-state index in [0.717, 1.165) is 18.7 Å². The molecule has 0 spiro atoms. The van der Waals surface area contributed by atoms with Crippen molar-refractivity contribution in [2.45, 2.75) is 64.3 Å². The van der Waals surface area contributed by atoms with Gasteiger partial charge in [-0.1, -0.05) is 18.0 Å². The molecule has 1 aliphatic carbocycles. The first-order chi connectivity index (χ1) is 11.5. The lowest BCUT2D eigenvalue weighted by Gasteiger charge is -2.20. The molecule has 1 aliphatic heterocycles. The van der Waals surface area contributed by atoms with Gasteiger partial charge in [0.05, 0.1) is 5.92 Å². The van der Waals surface area contributed by atoms with Crippen molar-refractivity contribution in [3.63, 3.8) is 0 Å². The number of carbonyl (C=O) groups excluding carboxylic acids is 2. The summed E-state index contributed by atoms with van der Waals surface area (Å²) >= 11 is 0. The molecule has 0 aromatic carbocycles. The second-order valence-electron chi connectivity index (χ2n) is 7.11. The zero-order chi connectivity index (χ0) is 17.1. The lowest BCUT2D eigenvalue weighted by molar-refractivity contribution is -0.129. The van der Waals surface area contributed by atoms with Gasteiger partial charge in [-0.3, -0.25) is 9.59 Å². The minimum atomic E-state index is -0.251. The zero-order valence-corrected chi connectivity index (χ0v) is 14.5. The van der Waals surface area contributed by atoms with Crippen molar-refractivity contribution in [1.82, 2.24) is 20.4 Å². The van der Waals surface area contributed by atoms with Gasteiger partial charge in [0, 0.05) is 37.9 Å². The van der Waals surface area contributed by atoms with E-state index in [1.54, 1.807) is 4.90 Å². The van der Waals surface area contributed by atoms with Crippen molar-refractivity contribution in [2.75, 3.05) is 13.1 Å². The van der Waals surface area contributed by atoms with Crippen LogP contribution in [-0.2, 0) is 16.0 Å². The first-order valence-corrected chi connectivity index (χ1v) is 8.94. The van der Waals surface area contributed by atoms with Gasteiger partial charge in [-0.05, 0) is 26.7 Å². The van der Waals surface area contributed by atoms with Crippen molar-refractivity contribution in [2.24, 2.45) is 5.92 Å². The van der Waals surface area contributed by atoms with Gasteiger partial charge in [-0.15, -0.1) is 0 Å². The molecule has 0 bridgehead atoms. The number of hydrogen-bond acceptors (Lipinski definition) is 5. The monoisotopic (exact) mass is 334 g/mol. The number of aromatic nitrogens is 2.